The van der Waals surface area contributed by atoms with E-state index in [1.807, 2.05) is 58.0 Å². The predicted molar refractivity (Wildman–Crippen MR) is 113 cm³/mol. The molecule has 0 saturated carbocycles. The van der Waals surface area contributed by atoms with Crippen LogP contribution in [0, 0.1) is 27.7 Å². The van der Waals surface area contributed by atoms with E-state index >= 15 is 0 Å². The smallest absolute Gasteiger partial charge is 0.280 e. The van der Waals surface area contributed by atoms with Crippen molar-refractivity contribution in [1.29, 1.82) is 0 Å². The van der Waals surface area contributed by atoms with E-state index in [0.717, 1.165) is 22.3 Å². The molecule has 2 aromatic carbocycles. The minimum atomic E-state index is -0.475. The first-order valence-corrected chi connectivity index (χ1v) is 9.19. The molecular formula is C21H24N6O2. The van der Waals surface area contributed by atoms with Gasteiger partial charge in [0.2, 0.25) is 5.91 Å². The molecule has 8 nitrogen and oxygen atoms in total. The van der Waals surface area contributed by atoms with Crippen LogP contribution >= 0.6 is 0 Å². The lowest BCUT2D eigenvalue weighted by Gasteiger charge is -2.10. The molecule has 29 heavy (non-hydrogen) atoms. The summed E-state index contributed by atoms with van der Waals surface area (Å²) < 4.78 is 1.20. The number of amides is 2. The van der Waals surface area contributed by atoms with E-state index in [9.17, 15) is 9.59 Å². The highest BCUT2D eigenvalue weighted by atomic mass is 16.2. The first-order valence-electron chi connectivity index (χ1n) is 9.19. The topological polar surface area (TPSA) is 115 Å². The molecule has 0 spiro atoms. The SMILES string of the molecule is Cc1cc(C)cc(NC(=O)Cn2nnc(C(=O)Nc3cccc(C)c3C)c2N)c1. The molecule has 3 rings (SSSR count). The summed E-state index contributed by atoms with van der Waals surface area (Å²) in [6.07, 6.45) is 0. The van der Waals surface area contributed by atoms with Gasteiger partial charge in [-0.15, -0.1) is 5.10 Å². The van der Waals surface area contributed by atoms with Crippen molar-refractivity contribution >= 4 is 29.0 Å². The number of rotatable bonds is 5. The average molecular weight is 392 g/mol. The highest BCUT2D eigenvalue weighted by Gasteiger charge is 2.20. The maximum Gasteiger partial charge on any atom is 0.280 e. The van der Waals surface area contributed by atoms with Crippen LogP contribution in [0.1, 0.15) is 32.7 Å². The molecule has 0 atom stereocenters. The molecule has 0 unspecified atom stereocenters. The molecular weight excluding hydrogens is 368 g/mol. The quantitative estimate of drug-likeness (QED) is 0.617. The first-order chi connectivity index (χ1) is 13.7. The predicted octanol–water partition coefficient (Wildman–Crippen LogP) is 2.98. The van der Waals surface area contributed by atoms with Crippen LogP contribution in [-0.2, 0) is 11.3 Å². The largest absolute Gasteiger partial charge is 0.382 e. The van der Waals surface area contributed by atoms with E-state index in [1.165, 1.54) is 4.68 Å². The zero-order valence-electron chi connectivity index (χ0n) is 16.9. The van der Waals surface area contributed by atoms with Crippen molar-refractivity contribution in [3.63, 3.8) is 0 Å². The summed E-state index contributed by atoms with van der Waals surface area (Å²) in [5.41, 5.74) is 11.5. The third-order valence-corrected chi connectivity index (χ3v) is 4.64. The lowest BCUT2D eigenvalue weighted by atomic mass is 10.1. The Morgan fingerprint density at radius 3 is 2.41 bits per heavy atom. The molecule has 150 valence electrons. The van der Waals surface area contributed by atoms with Crippen LogP contribution < -0.4 is 16.4 Å². The van der Waals surface area contributed by atoms with Gasteiger partial charge in [0.25, 0.3) is 5.91 Å². The molecule has 0 aliphatic carbocycles. The molecule has 0 radical (unpaired) electrons. The van der Waals surface area contributed by atoms with E-state index in [1.54, 1.807) is 6.07 Å². The summed E-state index contributed by atoms with van der Waals surface area (Å²) in [5, 5.41) is 13.3. The van der Waals surface area contributed by atoms with Crippen LogP contribution in [0.3, 0.4) is 0 Å². The second-order valence-corrected chi connectivity index (χ2v) is 7.11. The van der Waals surface area contributed by atoms with E-state index in [2.05, 4.69) is 20.9 Å². The number of nitrogens with zero attached hydrogens (tertiary/aromatic N) is 3. The van der Waals surface area contributed by atoms with Gasteiger partial charge in [0, 0.05) is 11.4 Å². The van der Waals surface area contributed by atoms with Crippen molar-refractivity contribution in [2.75, 3.05) is 16.4 Å². The van der Waals surface area contributed by atoms with Gasteiger partial charge >= 0.3 is 0 Å². The number of nitrogens with two attached hydrogens (primary N) is 1. The van der Waals surface area contributed by atoms with Crippen LogP contribution in [0.15, 0.2) is 36.4 Å². The first kappa shape index (κ1) is 20.1. The Labute approximate surface area is 169 Å². The number of carbonyl (C=O) groups excluding carboxylic acids is 2. The number of benzene rings is 2. The number of hydrogen-bond donors (Lipinski definition) is 3. The van der Waals surface area contributed by atoms with E-state index < -0.39 is 5.91 Å². The second kappa shape index (κ2) is 8.14. The zero-order chi connectivity index (χ0) is 21.1. The summed E-state index contributed by atoms with van der Waals surface area (Å²) in [6.45, 7) is 7.65. The molecule has 0 aliphatic rings. The van der Waals surface area contributed by atoms with Crippen LogP contribution in [0.2, 0.25) is 0 Å². The van der Waals surface area contributed by atoms with Gasteiger partial charge in [-0.3, -0.25) is 9.59 Å². The Bertz CT molecular complexity index is 1070. The maximum absolute atomic E-state index is 12.6. The zero-order valence-corrected chi connectivity index (χ0v) is 16.9. The van der Waals surface area contributed by atoms with Gasteiger partial charge in [0.05, 0.1) is 0 Å². The van der Waals surface area contributed by atoms with Crippen LogP contribution in [-0.4, -0.2) is 26.8 Å². The Morgan fingerprint density at radius 1 is 1.03 bits per heavy atom. The van der Waals surface area contributed by atoms with Crippen molar-refractivity contribution in [3.8, 4) is 0 Å². The standard InChI is InChI=1S/C21H24N6O2/c1-12-8-13(2)10-16(9-12)23-18(28)11-27-20(22)19(25-26-27)21(29)24-17-7-5-6-14(3)15(17)4/h5-10H,11,22H2,1-4H3,(H,23,28)(H,24,29). The second-order valence-electron chi connectivity index (χ2n) is 7.11. The Hall–Kier alpha value is -3.68. The molecule has 0 fully saturated rings. The fourth-order valence-electron chi connectivity index (χ4n) is 3.05. The van der Waals surface area contributed by atoms with Crippen LogP contribution in [0.25, 0.3) is 0 Å². The van der Waals surface area contributed by atoms with Crippen molar-refractivity contribution in [2.24, 2.45) is 0 Å². The van der Waals surface area contributed by atoms with Crippen molar-refractivity contribution < 1.29 is 9.59 Å². The number of hydrogen-bond acceptors (Lipinski definition) is 5. The summed E-state index contributed by atoms with van der Waals surface area (Å²) in [5.74, 6) is -0.756. The molecule has 2 amide bonds. The van der Waals surface area contributed by atoms with Gasteiger partial charge in [-0.1, -0.05) is 23.4 Å². The number of aromatic nitrogens is 3. The summed E-state index contributed by atoms with van der Waals surface area (Å²) in [4.78, 5) is 24.9. The molecule has 0 bridgehead atoms. The van der Waals surface area contributed by atoms with Gasteiger partial charge in [-0.05, 0) is 68.1 Å². The Balaban J connectivity index is 1.70. The van der Waals surface area contributed by atoms with Gasteiger partial charge in [0.15, 0.2) is 11.5 Å². The van der Waals surface area contributed by atoms with Crippen LogP contribution in [0.4, 0.5) is 17.2 Å². The maximum atomic E-state index is 12.6. The fourth-order valence-corrected chi connectivity index (χ4v) is 3.05. The van der Waals surface area contributed by atoms with Gasteiger partial charge in [-0.25, -0.2) is 4.68 Å². The van der Waals surface area contributed by atoms with E-state index in [-0.39, 0.29) is 24.0 Å². The molecule has 0 saturated heterocycles. The molecule has 1 aromatic heterocycles. The number of nitrogens with one attached hydrogen (secondary N) is 2. The van der Waals surface area contributed by atoms with Crippen molar-refractivity contribution in [2.45, 2.75) is 34.2 Å². The lowest BCUT2D eigenvalue weighted by molar-refractivity contribution is -0.116. The number of aryl methyl sites for hydroxylation is 3. The molecule has 0 aliphatic heterocycles. The molecule has 3 aromatic rings. The average Bonchev–Trinajstić information content (AvgIpc) is 2.98. The highest BCUT2D eigenvalue weighted by Crippen LogP contribution is 2.20. The normalized spacial score (nSPS) is 10.6. The van der Waals surface area contributed by atoms with Gasteiger partial charge < -0.3 is 16.4 Å². The van der Waals surface area contributed by atoms with Gasteiger partial charge in [0.1, 0.15) is 6.54 Å². The van der Waals surface area contributed by atoms with Crippen molar-refractivity contribution in [3.05, 3.63) is 64.3 Å². The minimum absolute atomic E-state index is 0.0230. The fraction of sp³-hybridized carbons (Fsp3) is 0.238. The summed E-state index contributed by atoms with van der Waals surface area (Å²) in [7, 11) is 0. The highest BCUT2D eigenvalue weighted by molar-refractivity contribution is 6.06. The lowest BCUT2D eigenvalue weighted by Crippen LogP contribution is -2.21. The Morgan fingerprint density at radius 2 is 1.72 bits per heavy atom. The third-order valence-electron chi connectivity index (χ3n) is 4.64. The molecule has 4 N–H and O–H groups in total. The monoisotopic (exact) mass is 392 g/mol. The van der Waals surface area contributed by atoms with Crippen molar-refractivity contribution in [1.82, 2.24) is 15.0 Å². The Kier molecular flexibility index (Phi) is 5.63. The van der Waals surface area contributed by atoms with Gasteiger partial charge in [-0.2, -0.15) is 0 Å². The third kappa shape index (κ3) is 4.60. The molecule has 1 heterocycles. The van der Waals surface area contributed by atoms with Crippen LogP contribution in [0.5, 0.6) is 0 Å². The summed E-state index contributed by atoms with van der Waals surface area (Å²) >= 11 is 0. The molecule has 8 heteroatoms. The van der Waals surface area contributed by atoms with E-state index in [4.69, 9.17) is 5.73 Å². The number of carbonyl (C=O) groups is 2. The number of nitrogen functional groups attached to an aromatic ring is 1. The minimum Gasteiger partial charge on any atom is -0.382 e. The number of anilines is 3. The van der Waals surface area contributed by atoms with E-state index in [0.29, 0.717) is 11.4 Å². The summed E-state index contributed by atoms with van der Waals surface area (Å²) in [6, 6.07) is 11.4.